The fourth-order valence-corrected chi connectivity index (χ4v) is 1.86. The quantitative estimate of drug-likeness (QED) is 0.785. The molecule has 0 N–H and O–H groups in total. The number of hydrogen-bond acceptors (Lipinski definition) is 2. The summed E-state index contributed by atoms with van der Waals surface area (Å²) in [6.45, 7) is 1.65. The Bertz CT molecular complexity index is 603. The number of anilines is 1. The third kappa shape index (κ3) is 2.81. The van der Waals surface area contributed by atoms with E-state index < -0.39 is 0 Å². The number of hydrogen-bond donors (Lipinski definition) is 0. The third-order valence-corrected chi connectivity index (χ3v) is 3.07. The first-order chi connectivity index (χ1) is 8.99. The zero-order valence-electron chi connectivity index (χ0n) is 11.3. The molecule has 0 fully saturated rings. The van der Waals surface area contributed by atoms with Crippen LogP contribution in [0, 0.1) is 12.7 Å². The Hall–Kier alpha value is -2.16. The zero-order valence-corrected chi connectivity index (χ0v) is 11.3. The molecule has 0 aliphatic heterocycles. The van der Waals surface area contributed by atoms with Gasteiger partial charge in [-0.15, -0.1) is 0 Å². The zero-order chi connectivity index (χ0) is 14.0. The maximum atomic E-state index is 13.2. The van der Waals surface area contributed by atoms with Crippen LogP contribution >= 0.6 is 0 Å². The van der Waals surface area contributed by atoms with Crippen molar-refractivity contribution in [3.63, 3.8) is 0 Å². The Balaban J connectivity index is 2.30. The summed E-state index contributed by atoms with van der Waals surface area (Å²) in [6, 6.07) is 11.8. The van der Waals surface area contributed by atoms with Crippen LogP contribution in [0.25, 0.3) is 0 Å². The van der Waals surface area contributed by atoms with Crippen LogP contribution in [0.15, 0.2) is 42.5 Å². The van der Waals surface area contributed by atoms with Gasteiger partial charge in [0, 0.05) is 30.9 Å². The van der Waals surface area contributed by atoms with Crippen molar-refractivity contribution in [3.8, 4) is 0 Å². The Kier molecular flexibility index (Phi) is 3.65. The van der Waals surface area contributed by atoms with Crippen molar-refractivity contribution >= 4 is 11.5 Å². The monoisotopic (exact) mass is 257 g/mol. The molecule has 2 rings (SSSR count). The number of rotatable bonds is 3. The summed E-state index contributed by atoms with van der Waals surface area (Å²) in [5, 5.41) is 0. The summed E-state index contributed by atoms with van der Waals surface area (Å²) in [5.41, 5.74) is 2.63. The second kappa shape index (κ2) is 5.22. The molecule has 2 aromatic rings. The second-order valence-corrected chi connectivity index (χ2v) is 4.73. The molecule has 0 bridgehead atoms. The molecule has 0 saturated carbocycles. The number of carbonyl (C=O) groups is 1. The van der Waals surface area contributed by atoms with E-state index in [1.807, 2.05) is 31.1 Å². The molecule has 0 spiro atoms. The van der Waals surface area contributed by atoms with Gasteiger partial charge in [-0.05, 0) is 55.0 Å². The summed E-state index contributed by atoms with van der Waals surface area (Å²) in [7, 11) is 3.89. The second-order valence-electron chi connectivity index (χ2n) is 4.73. The molecular formula is C16H16FNO. The molecule has 0 amide bonds. The summed E-state index contributed by atoms with van der Waals surface area (Å²) < 4.78 is 13.2. The lowest BCUT2D eigenvalue weighted by atomic mass is 10.0. The number of benzene rings is 2. The summed E-state index contributed by atoms with van der Waals surface area (Å²) in [6.07, 6.45) is 0. The molecule has 0 saturated heterocycles. The van der Waals surface area contributed by atoms with Crippen molar-refractivity contribution in [2.75, 3.05) is 19.0 Å². The fourth-order valence-electron chi connectivity index (χ4n) is 1.86. The van der Waals surface area contributed by atoms with Gasteiger partial charge < -0.3 is 4.90 Å². The van der Waals surface area contributed by atoms with E-state index in [0.717, 1.165) is 5.69 Å². The number of halogens is 1. The van der Waals surface area contributed by atoms with Crippen LogP contribution in [-0.2, 0) is 0 Å². The molecule has 98 valence electrons. The van der Waals surface area contributed by atoms with Crippen molar-refractivity contribution in [1.82, 2.24) is 0 Å². The van der Waals surface area contributed by atoms with Crippen molar-refractivity contribution < 1.29 is 9.18 Å². The van der Waals surface area contributed by atoms with E-state index in [4.69, 9.17) is 0 Å². The van der Waals surface area contributed by atoms with Crippen molar-refractivity contribution in [3.05, 3.63) is 65.0 Å². The highest BCUT2D eigenvalue weighted by Crippen LogP contribution is 2.17. The van der Waals surface area contributed by atoms with Crippen LogP contribution in [0.1, 0.15) is 21.5 Å². The van der Waals surface area contributed by atoms with Gasteiger partial charge in [0.15, 0.2) is 5.78 Å². The molecule has 0 aliphatic carbocycles. The van der Waals surface area contributed by atoms with Gasteiger partial charge in [0.2, 0.25) is 0 Å². The molecule has 0 radical (unpaired) electrons. The van der Waals surface area contributed by atoms with Crippen molar-refractivity contribution in [1.29, 1.82) is 0 Å². The van der Waals surface area contributed by atoms with Crippen LogP contribution in [-0.4, -0.2) is 19.9 Å². The van der Waals surface area contributed by atoms with Crippen LogP contribution < -0.4 is 4.90 Å². The van der Waals surface area contributed by atoms with Crippen LogP contribution in [0.5, 0.6) is 0 Å². The van der Waals surface area contributed by atoms with Crippen LogP contribution in [0.2, 0.25) is 0 Å². The highest BCUT2D eigenvalue weighted by molar-refractivity contribution is 6.09. The minimum absolute atomic E-state index is 0.0894. The summed E-state index contributed by atoms with van der Waals surface area (Å²) in [5.74, 6) is -0.382. The van der Waals surface area contributed by atoms with Crippen LogP contribution in [0.4, 0.5) is 10.1 Å². The Morgan fingerprint density at radius 2 is 1.58 bits per heavy atom. The smallest absolute Gasteiger partial charge is 0.193 e. The fraction of sp³-hybridized carbons (Fsp3) is 0.188. The third-order valence-electron chi connectivity index (χ3n) is 3.07. The molecule has 3 heteroatoms. The Morgan fingerprint density at radius 1 is 1.00 bits per heavy atom. The van der Waals surface area contributed by atoms with Gasteiger partial charge in [-0.2, -0.15) is 0 Å². The topological polar surface area (TPSA) is 20.3 Å². The number of ketones is 1. The predicted molar refractivity (Wildman–Crippen MR) is 75.3 cm³/mol. The molecule has 0 unspecified atom stereocenters. The maximum Gasteiger partial charge on any atom is 0.193 e. The molecule has 0 heterocycles. The van der Waals surface area contributed by atoms with Gasteiger partial charge in [0.05, 0.1) is 0 Å². The van der Waals surface area contributed by atoms with Gasteiger partial charge in [0.25, 0.3) is 0 Å². The van der Waals surface area contributed by atoms with Crippen molar-refractivity contribution in [2.45, 2.75) is 6.92 Å². The van der Waals surface area contributed by atoms with Gasteiger partial charge >= 0.3 is 0 Å². The van der Waals surface area contributed by atoms with Gasteiger partial charge in [0.1, 0.15) is 5.82 Å². The Morgan fingerprint density at radius 3 is 2.11 bits per heavy atom. The Labute approximate surface area is 112 Å². The molecular weight excluding hydrogens is 241 g/mol. The van der Waals surface area contributed by atoms with Gasteiger partial charge in [-0.3, -0.25) is 4.79 Å². The first-order valence-corrected chi connectivity index (χ1v) is 6.07. The molecule has 0 aromatic heterocycles. The minimum Gasteiger partial charge on any atom is -0.378 e. The summed E-state index contributed by atoms with van der Waals surface area (Å²) >= 11 is 0. The minimum atomic E-state index is -0.292. The average molecular weight is 257 g/mol. The SMILES string of the molecule is Cc1cc(C(=O)c2ccc(N(C)C)cc2)ccc1F. The van der Waals surface area contributed by atoms with E-state index in [1.54, 1.807) is 25.1 Å². The number of aryl methyl sites for hydroxylation is 1. The largest absolute Gasteiger partial charge is 0.378 e. The first-order valence-electron chi connectivity index (χ1n) is 6.07. The van der Waals surface area contributed by atoms with Crippen LogP contribution in [0.3, 0.4) is 0 Å². The lowest BCUT2D eigenvalue weighted by Crippen LogP contribution is -2.09. The van der Waals surface area contributed by atoms with E-state index in [0.29, 0.717) is 16.7 Å². The number of carbonyl (C=O) groups excluding carboxylic acids is 1. The van der Waals surface area contributed by atoms with E-state index >= 15 is 0 Å². The van der Waals surface area contributed by atoms with Gasteiger partial charge in [-0.25, -0.2) is 4.39 Å². The van der Waals surface area contributed by atoms with E-state index in [-0.39, 0.29) is 11.6 Å². The number of nitrogens with zero attached hydrogens (tertiary/aromatic N) is 1. The van der Waals surface area contributed by atoms with E-state index in [2.05, 4.69) is 0 Å². The van der Waals surface area contributed by atoms with E-state index in [1.165, 1.54) is 12.1 Å². The maximum absolute atomic E-state index is 13.2. The average Bonchev–Trinajstić information content (AvgIpc) is 2.41. The molecule has 0 aliphatic rings. The highest BCUT2D eigenvalue weighted by atomic mass is 19.1. The lowest BCUT2D eigenvalue weighted by Gasteiger charge is -2.12. The van der Waals surface area contributed by atoms with Crippen molar-refractivity contribution in [2.24, 2.45) is 0 Å². The normalized spacial score (nSPS) is 10.3. The molecule has 2 nitrogen and oxygen atoms in total. The van der Waals surface area contributed by atoms with E-state index in [9.17, 15) is 9.18 Å². The summed E-state index contributed by atoms with van der Waals surface area (Å²) in [4.78, 5) is 14.2. The standard InChI is InChI=1S/C16H16FNO/c1-11-10-13(6-9-15(11)17)16(19)12-4-7-14(8-5-12)18(2)3/h4-10H,1-3H3. The molecule has 0 atom stereocenters. The first kappa shape index (κ1) is 13.3. The van der Waals surface area contributed by atoms with Gasteiger partial charge in [-0.1, -0.05) is 0 Å². The molecule has 19 heavy (non-hydrogen) atoms. The highest BCUT2D eigenvalue weighted by Gasteiger charge is 2.10. The predicted octanol–water partition coefficient (Wildman–Crippen LogP) is 3.43. The lowest BCUT2D eigenvalue weighted by molar-refractivity contribution is 0.103. The molecule has 2 aromatic carbocycles.